The van der Waals surface area contributed by atoms with Crippen molar-refractivity contribution in [2.24, 2.45) is 5.41 Å². The van der Waals surface area contributed by atoms with Crippen LogP contribution in [-0.4, -0.2) is 13.1 Å². The molecule has 0 aromatic rings. The Balaban J connectivity index is 5.01. The smallest absolute Gasteiger partial charge is 0.315 e. The van der Waals surface area contributed by atoms with E-state index in [1.165, 1.54) is 7.11 Å². The molecule has 0 aromatic heterocycles. The van der Waals surface area contributed by atoms with Crippen molar-refractivity contribution in [1.29, 1.82) is 0 Å². The minimum Gasteiger partial charge on any atom is -0.468 e. The molecule has 2 nitrogen and oxygen atoms in total. The lowest BCUT2D eigenvalue weighted by Gasteiger charge is -2.24. The van der Waals surface area contributed by atoms with Crippen LogP contribution in [0.2, 0.25) is 0 Å². The predicted octanol–water partition coefficient (Wildman–Crippen LogP) is 3.08. The summed E-state index contributed by atoms with van der Waals surface area (Å²) < 4.78 is 6.60. The van der Waals surface area contributed by atoms with Gasteiger partial charge in [-0.25, -0.2) is 0 Å². The highest BCUT2D eigenvalue weighted by Crippen LogP contribution is 2.33. The van der Waals surface area contributed by atoms with Gasteiger partial charge < -0.3 is 4.74 Å². The van der Waals surface area contributed by atoms with E-state index in [4.69, 9.17) is 4.74 Å². The summed E-state index contributed by atoms with van der Waals surface area (Å²) in [5.41, 5.74) is 1.20. The number of methoxy groups -OCH3 is 1. The van der Waals surface area contributed by atoms with Crippen LogP contribution >= 0.6 is 22.6 Å². The van der Waals surface area contributed by atoms with Crippen molar-refractivity contribution < 1.29 is 9.53 Å². The fraction of sp³-hybridized carbons (Fsp3) is 0.500. The van der Waals surface area contributed by atoms with Gasteiger partial charge in [-0.15, -0.1) is 0 Å². The molecule has 0 aromatic carbocycles. The highest BCUT2D eigenvalue weighted by molar-refractivity contribution is 14.1. The zero-order valence-corrected chi connectivity index (χ0v) is 10.6. The van der Waals surface area contributed by atoms with Crippen molar-refractivity contribution in [2.75, 3.05) is 7.11 Å². The standard InChI is InChI=1S/C10H15IO2/c1-7(2)8(6-11)10(3,4)9(12)13-5/h6H,1H2,2-5H3/b8-6+. The van der Waals surface area contributed by atoms with Crippen LogP contribution in [0.15, 0.2) is 21.8 Å². The zero-order chi connectivity index (χ0) is 10.6. The molecule has 0 unspecified atom stereocenters. The summed E-state index contributed by atoms with van der Waals surface area (Å²) in [6, 6.07) is 0. The lowest BCUT2D eigenvalue weighted by molar-refractivity contribution is -0.148. The molecule has 0 rings (SSSR count). The van der Waals surface area contributed by atoms with Gasteiger partial charge in [-0.3, -0.25) is 4.79 Å². The molecule has 0 saturated heterocycles. The summed E-state index contributed by atoms with van der Waals surface area (Å²) in [5, 5.41) is 0. The normalized spacial score (nSPS) is 12.5. The van der Waals surface area contributed by atoms with Gasteiger partial charge in [0.2, 0.25) is 0 Å². The minimum atomic E-state index is -0.609. The molecule has 13 heavy (non-hydrogen) atoms. The molecule has 74 valence electrons. The highest BCUT2D eigenvalue weighted by Gasteiger charge is 2.33. The first kappa shape index (κ1) is 12.7. The van der Waals surface area contributed by atoms with Gasteiger partial charge in [0.1, 0.15) is 0 Å². The second kappa shape index (κ2) is 4.79. The zero-order valence-electron chi connectivity index (χ0n) is 8.48. The SMILES string of the molecule is C=C(C)/C(=C\I)C(C)(C)C(=O)OC. The molecule has 0 saturated carbocycles. The Bertz CT molecular complexity index is 252. The van der Waals surface area contributed by atoms with E-state index in [0.29, 0.717) is 0 Å². The lowest BCUT2D eigenvalue weighted by Crippen LogP contribution is -2.28. The molecule has 0 bridgehead atoms. The van der Waals surface area contributed by atoms with Crippen LogP contribution in [0.5, 0.6) is 0 Å². The fourth-order valence-corrected chi connectivity index (χ4v) is 2.44. The largest absolute Gasteiger partial charge is 0.468 e. The predicted molar refractivity (Wildman–Crippen MR) is 62.7 cm³/mol. The summed E-state index contributed by atoms with van der Waals surface area (Å²) in [7, 11) is 1.40. The monoisotopic (exact) mass is 294 g/mol. The van der Waals surface area contributed by atoms with Crippen molar-refractivity contribution in [3.05, 3.63) is 21.8 Å². The number of ether oxygens (including phenoxy) is 1. The molecule has 0 aliphatic heterocycles. The summed E-state index contributed by atoms with van der Waals surface area (Å²) in [4.78, 5) is 11.4. The van der Waals surface area contributed by atoms with E-state index in [9.17, 15) is 4.79 Å². The van der Waals surface area contributed by atoms with Crippen LogP contribution in [0.4, 0.5) is 0 Å². The Kier molecular flexibility index (Phi) is 4.67. The van der Waals surface area contributed by atoms with Crippen LogP contribution < -0.4 is 0 Å². The lowest BCUT2D eigenvalue weighted by atomic mass is 9.82. The van der Waals surface area contributed by atoms with Gasteiger partial charge in [0, 0.05) is 0 Å². The maximum Gasteiger partial charge on any atom is 0.315 e. The summed E-state index contributed by atoms with van der Waals surface area (Å²) in [5.74, 6) is -0.238. The second-order valence-electron chi connectivity index (χ2n) is 3.42. The molecule has 0 amide bonds. The third-order valence-corrected chi connectivity index (χ3v) is 2.56. The Morgan fingerprint density at radius 2 is 2.00 bits per heavy atom. The van der Waals surface area contributed by atoms with Crippen molar-refractivity contribution in [3.8, 4) is 0 Å². The maximum absolute atomic E-state index is 11.4. The molecule has 0 aliphatic rings. The van der Waals surface area contributed by atoms with E-state index in [1.807, 2.05) is 24.9 Å². The quantitative estimate of drug-likeness (QED) is 0.454. The highest BCUT2D eigenvalue weighted by atomic mass is 127. The van der Waals surface area contributed by atoms with Gasteiger partial charge in [-0.2, -0.15) is 0 Å². The fourth-order valence-electron chi connectivity index (χ4n) is 1.13. The second-order valence-corrected chi connectivity index (χ2v) is 4.04. The summed E-state index contributed by atoms with van der Waals surface area (Å²) in [6.45, 7) is 9.38. The molecule has 0 aliphatic carbocycles. The van der Waals surface area contributed by atoms with E-state index >= 15 is 0 Å². The number of carbonyl (C=O) groups is 1. The van der Waals surface area contributed by atoms with Crippen LogP contribution in [0.25, 0.3) is 0 Å². The molecule has 0 N–H and O–H groups in total. The van der Waals surface area contributed by atoms with Crippen molar-refractivity contribution in [1.82, 2.24) is 0 Å². The summed E-state index contributed by atoms with van der Waals surface area (Å²) >= 11 is 2.11. The van der Waals surface area contributed by atoms with E-state index in [-0.39, 0.29) is 5.97 Å². The molecule has 0 heterocycles. The number of rotatable bonds is 3. The Morgan fingerprint density at radius 3 is 2.23 bits per heavy atom. The first-order valence-corrected chi connectivity index (χ1v) is 5.17. The molecule has 0 spiro atoms. The van der Waals surface area contributed by atoms with Gasteiger partial charge in [-0.05, 0) is 30.4 Å². The first-order chi connectivity index (χ1) is 5.87. The number of esters is 1. The Labute approximate surface area is 93.2 Å². The van der Waals surface area contributed by atoms with Crippen molar-refractivity contribution in [2.45, 2.75) is 20.8 Å². The Morgan fingerprint density at radius 1 is 1.54 bits per heavy atom. The number of hydrogen-bond acceptors (Lipinski definition) is 2. The van der Waals surface area contributed by atoms with E-state index in [1.54, 1.807) is 0 Å². The van der Waals surface area contributed by atoms with E-state index in [0.717, 1.165) is 11.1 Å². The van der Waals surface area contributed by atoms with Gasteiger partial charge in [0.25, 0.3) is 0 Å². The van der Waals surface area contributed by atoms with Gasteiger partial charge in [0.05, 0.1) is 12.5 Å². The average molecular weight is 294 g/mol. The third kappa shape index (κ3) is 2.83. The molecular formula is C10H15IO2. The van der Waals surface area contributed by atoms with Crippen molar-refractivity contribution in [3.63, 3.8) is 0 Å². The number of allylic oxidation sites excluding steroid dienone is 1. The summed E-state index contributed by atoms with van der Waals surface area (Å²) in [6.07, 6.45) is 0. The molecular weight excluding hydrogens is 279 g/mol. The number of halogens is 1. The van der Waals surface area contributed by atoms with E-state index < -0.39 is 5.41 Å². The number of hydrogen-bond donors (Lipinski definition) is 0. The molecule has 0 radical (unpaired) electrons. The number of carbonyl (C=O) groups excluding carboxylic acids is 1. The van der Waals surface area contributed by atoms with Gasteiger partial charge in [-0.1, -0.05) is 34.7 Å². The van der Waals surface area contributed by atoms with E-state index in [2.05, 4.69) is 29.2 Å². The molecule has 3 heteroatoms. The third-order valence-electron chi connectivity index (χ3n) is 1.94. The van der Waals surface area contributed by atoms with Gasteiger partial charge >= 0.3 is 5.97 Å². The van der Waals surface area contributed by atoms with Crippen LogP contribution in [0, 0.1) is 5.41 Å². The average Bonchev–Trinajstić information content (AvgIpc) is 2.02. The molecule has 0 fully saturated rings. The van der Waals surface area contributed by atoms with Gasteiger partial charge in [0.15, 0.2) is 0 Å². The maximum atomic E-state index is 11.4. The molecule has 0 atom stereocenters. The van der Waals surface area contributed by atoms with Crippen LogP contribution in [-0.2, 0) is 9.53 Å². The van der Waals surface area contributed by atoms with Crippen LogP contribution in [0.1, 0.15) is 20.8 Å². The van der Waals surface area contributed by atoms with Crippen molar-refractivity contribution >= 4 is 28.6 Å². The topological polar surface area (TPSA) is 26.3 Å². The first-order valence-electron chi connectivity index (χ1n) is 3.93. The van der Waals surface area contributed by atoms with Crippen LogP contribution in [0.3, 0.4) is 0 Å². The minimum absolute atomic E-state index is 0.238. The Hall–Kier alpha value is -0.320.